The van der Waals surface area contributed by atoms with Crippen molar-refractivity contribution in [1.82, 2.24) is 15.2 Å². The molecule has 0 aliphatic carbocycles. The van der Waals surface area contributed by atoms with E-state index in [4.69, 9.17) is 28.6 Å². The molecular weight excluding hydrogens is 349 g/mol. The van der Waals surface area contributed by atoms with Crippen molar-refractivity contribution in [2.24, 2.45) is 0 Å². The molecule has 7 heteroatoms. The highest BCUT2D eigenvalue weighted by molar-refractivity contribution is 7.80. The number of pyridine rings is 1. The molecule has 0 saturated heterocycles. The number of methoxy groups -OCH3 is 1. The van der Waals surface area contributed by atoms with Crippen molar-refractivity contribution in [2.45, 2.75) is 13.1 Å². The highest BCUT2D eigenvalue weighted by atomic mass is 35.5. The van der Waals surface area contributed by atoms with E-state index in [9.17, 15) is 4.39 Å². The molecule has 2 aromatic rings. The first-order chi connectivity index (χ1) is 11.6. The van der Waals surface area contributed by atoms with Gasteiger partial charge in [0.25, 0.3) is 0 Å². The van der Waals surface area contributed by atoms with Crippen LogP contribution >= 0.6 is 23.8 Å². The van der Waals surface area contributed by atoms with E-state index >= 15 is 0 Å². The van der Waals surface area contributed by atoms with Gasteiger partial charge in [-0.1, -0.05) is 23.7 Å². The molecule has 0 atom stereocenters. The molecule has 0 saturated carbocycles. The average Bonchev–Trinajstić information content (AvgIpc) is 2.58. The fourth-order valence-electron chi connectivity index (χ4n) is 2.16. The quantitative estimate of drug-likeness (QED) is 0.599. The summed E-state index contributed by atoms with van der Waals surface area (Å²) in [4.78, 5) is 5.96. The third-order valence-corrected chi connectivity index (χ3v) is 4.13. The van der Waals surface area contributed by atoms with Crippen LogP contribution in [-0.4, -0.2) is 35.3 Å². The highest BCUT2D eigenvalue weighted by Gasteiger charge is 2.15. The zero-order chi connectivity index (χ0) is 17.4. The number of nitrogens with one attached hydrogen (secondary N) is 1. The van der Waals surface area contributed by atoms with Gasteiger partial charge in [0.2, 0.25) is 0 Å². The Kier molecular flexibility index (Phi) is 7.36. The molecule has 128 valence electrons. The summed E-state index contributed by atoms with van der Waals surface area (Å²) < 4.78 is 19.1. The molecule has 1 aromatic heterocycles. The normalized spacial score (nSPS) is 10.5. The van der Waals surface area contributed by atoms with Crippen molar-refractivity contribution in [3.8, 4) is 0 Å². The zero-order valence-electron chi connectivity index (χ0n) is 13.3. The molecular formula is C17H19ClFN3OS. The van der Waals surface area contributed by atoms with E-state index in [1.54, 1.807) is 31.6 Å². The summed E-state index contributed by atoms with van der Waals surface area (Å²) in [5.41, 5.74) is 1.39. The molecule has 0 bridgehead atoms. The lowest BCUT2D eigenvalue weighted by Crippen LogP contribution is -2.40. The van der Waals surface area contributed by atoms with Gasteiger partial charge in [-0.05, 0) is 36.0 Å². The van der Waals surface area contributed by atoms with Gasteiger partial charge >= 0.3 is 0 Å². The summed E-state index contributed by atoms with van der Waals surface area (Å²) in [6.07, 6.45) is 3.46. The number of ether oxygens (including phenoxy) is 1. The standard InChI is InChI=1S/C17H19ClFN3OS/c1-23-9-8-21-17(24)22(11-13-4-3-7-20-10-13)12-14-15(18)5-2-6-16(14)19/h2-7,10H,8-9,11-12H2,1H3,(H,21,24). The number of hydrogen-bond acceptors (Lipinski definition) is 3. The van der Waals surface area contributed by atoms with Crippen LogP contribution in [0.5, 0.6) is 0 Å². The van der Waals surface area contributed by atoms with Gasteiger partial charge < -0.3 is 15.0 Å². The van der Waals surface area contributed by atoms with Gasteiger partial charge in [0, 0.05) is 49.7 Å². The van der Waals surface area contributed by atoms with E-state index < -0.39 is 0 Å². The molecule has 0 aliphatic rings. The van der Waals surface area contributed by atoms with Crippen LogP contribution in [0.15, 0.2) is 42.7 Å². The SMILES string of the molecule is COCCNC(=S)N(Cc1cccnc1)Cc1c(F)cccc1Cl. The Bertz CT molecular complexity index is 652. The third kappa shape index (κ3) is 5.40. The summed E-state index contributed by atoms with van der Waals surface area (Å²) in [5.74, 6) is -0.349. The first-order valence-corrected chi connectivity index (χ1v) is 8.24. The van der Waals surface area contributed by atoms with Crippen molar-refractivity contribution >= 4 is 28.9 Å². The first kappa shape index (κ1) is 18.6. The van der Waals surface area contributed by atoms with Gasteiger partial charge in [-0.2, -0.15) is 0 Å². The number of nitrogens with zero attached hydrogens (tertiary/aromatic N) is 2. The highest BCUT2D eigenvalue weighted by Crippen LogP contribution is 2.21. The summed E-state index contributed by atoms with van der Waals surface area (Å²) in [5, 5.41) is 4.00. The van der Waals surface area contributed by atoms with E-state index in [0.29, 0.717) is 35.4 Å². The molecule has 24 heavy (non-hydrogen) atoms. The van der Waals surface area contributed by atoms with Crippen LogP contribution in [-0.2, 0) is 17.8 Å². The predicted octanol–water partition coefficient (Wildman–Crippen LogP) is 3.40. The number of halogens is 2. The van der Waals surface area contributed by atoms with E-state index in [0.717, 1.165) is 5.56 Å². The van der Waals surface area contributed by atoms with Crippen molar-refractivity contribution < 1.29 is 9.13 Å². The Morgan fingerprint density at radius 2 is 2.17 bits per heavy atom. The fraction of sp³-hybridized carbons (Fsp3) is 0.294. The number of rotatable bonds is 7. The first-order valence-electron chi connectivity index (χ1n) is 7.45. The monoisotopic (exact) mass is 367 g/mol. The maximum Gasteiger partial charge on any atom is 0.169 e. The Balaban J connectivity index is 2.17. The van der Waals surface area contributed by atoms with E-state index in [-0.39, 0.29) is 12.4 Å². The van der Waals surface area contributed by atoms with Gasteiger partial charge in [0.15, 0.2) is 5.11 Å². The lowest BCUT2D eigenvalue weighted by Gasteiger charge is -2.26. The molecule has 0 fully saturated rings. The molecule has 1 aromatic carbocycles. The van der Waals surface area contributed by atoms with Gasteiger partial charge in [0.1, 0.15) is 5.82 Å². The molecule has 2 rings (SSSR count). The van der Waals surface area contributed by atoms with Crippen LogP contribution in [0, 0.1) is 5.82 Å². The van der Waals surface area contributed by atoms with E-state index in [1.165, 1.54) is 6.07 Å². The number of thiocarbonyl (C=S) groups is 1. The van der Waals surface area contributed by atoms with Gasteiger partial charge in [-0.25, -0.2) is 4.39 Å². The van der Waals surface area contributed by atoms with Crippen LogP contribution in [0.2, 0.25) is 5.02 Å². The van der Waals surface area contributed by atoms with Crippen molar-refractivity contribution in [2.75, 3.05) is 20.3 Å². The molecule has 1 heterocycles. The van der Waals surface area contributed by atoms with Gasteiger partial charge in [-0.15, -0.1) is 0 Å². The second-order valence-corrected chi connectivity index (χ2v) is 5.94. The molecule has 0 unspecified atom stereocenters. The molecule has 4 nitrogen and oxygen atoms in total. The summed E-state index contributed by atoms with van der Waals surface area (Å²) in [7, 11) is 1.62. The van der Waals surface area contributed by atoms with E-state index in [2.05, 4.69) is 10.3 Å². The Hall–Kier alpha value is -1.76. The smallest absolute Gasteiger partial charge is 0.169 e. The molecule has 0 aliphatic heterocycles. The second kappa shape index (κ2) is 9.52. The minimum absolute atomic E-state index is 0.263. The summed E-state index contributed by atoms with van der Waals surface area (Å²) >= 11 is 11.6. The zero-order valence-corrected chi connectivity index (χ0v) is 14.9. The maximum absolute atomic E-state index is 14.1. The number of aromatic nitrogens is 1. The van der Waals surface area contributed by atoms with Crippen molar-refractivity contribution in [3.63, 3.8) is 0 Å². The predicted molar refractivity (Wildman–Crippen MR) is 97.4 cm³/mol. The van der Waals surface area contributed by atoms with Crippen molar-refractivity contribution in [3.05, 3.63) is 64.7 Å². The average molecular weight is 368 g/mol. The third-order valence-electron chi connectivity index (χ3n) is 3.38. The molecule has 0 amide bonds. The van der Waals surface area contributed by atoms with Crippen molar-refractivity contribution in [1.29, 1.82) is 0 Å². The van der Waals surface area contributed by atoms with Gasteiger partial charge in [0.05, 0.1) is 6.61 Å². The van der Waals surface area contributed by atoms with Crippen LogP contribution in [0.1, 0.15) is 11.1 Å². The van der Waals surface area contributed by atoms with Crippen LogP contribution in [0.3, 0.4) is 0 Å². The molecule has 0 spiro atoms. The summed E-state index contributed by atoms with van der Waals surface area (Å²) in [6, 6.07) is 8.45. The van der Waals surface area contributed by atoms with Crippen LogP contribution in [0.25, 0.3) is 0 Å². The Morgan fingerprint density at radius 1 is 1.33 bits per heavy atom. The number of benzene rings is 1. The fourth-order valence-corrected chi connectivity index (χ4v) is 2.61. The summed E-state index contributed by atoms with van der Waals surface area (Å²) in [6.45, 7) is 1.86. The van der Waals surface area contributed by atoms with E-state index in [1.807, 2.05) is 17.0 Å². The maximum atomic E-state index is 14.1. The van der Waals surface area contributed by atoms with Crippen LogP contribution in [0.4, 0.5) is 4.39 Å². The lowest BCUT2D eigenvalue weighted by molar-refractivity contribution is 0.202. The lowest BCUT2D eigenvalue weighted by atomic mass is 10.2. The second-order valence-electron chi connectivity index (χ2n) is 5.14. The Morgan fingerprint density at radius 3 is 2.83 bits per heavy atom. The molecule has 1 N–H and O–H groups in total. The number of hydrogen-bond donors (Lipinski definition) is 1. The topological polar surface area (TPSA) is 37.4 Å². The largest absolute Gasteiger partial charge is 0.383 e. The molecule has 0 radical (unpaired) electrons. The minimum Gasteiger partial charge on any atom is -0.383 e. The van der Waals surface area contributed by atoms with Gasteiger partial charge in [-0.3, -0.25) is 4.98 Å². The Labute approximate surface area is 151 Å². The minimum atomic E-state index is -0.349. The van der Waals surface area contributed by atoms with Crippen LogP contribution < -0.4 is 5.32 Å².